The molecule has 0 fully saturated rings. The van der Waals surface area contributed by atoms with Gasteiger partial charge in [-0.25, -0.2) is 4.70 Å². The van der Waals surface area contributed by atoms with Crippen molar-refractivity contribution >= 4 is 11.4 Å². The monoisotopic (exact) mass is 951 g/mol. The fourth-order valence-corrected chi connectivity index (χ4v) is 9.38. The van der Waals surface area contributed by atoms with Crippen molar-refractivity contribution in [3.63, 3.8) is 0 Å². The Hall–Kier alpha value is -2.26. The van der Waals surface area contributed by atoms with E-state index in [2.05, 4.69) is 88.1 Å². The Balaban J connectivity index is 0.0000137. The van der Waals surface area contributed by atoms with Gasteiger partial charge in [0.15, 0.2) is 0 Å². The van der Waals surface area contributed by atoms with Crippen LogP contribution in [0.15, 0.2) is 59.7 Å². The Morgan fingerprint density at radius 3 is 1.08 bits per heavy atom. The molecule has 1 aliphatic heterocycles. The molecule has 0 radical (unpaired) electrons. The standard InChI is InChI=1S/C60H96N2.Pd/c1-5-9-13-15-17-18-19-20-21-22-23-24-25-26-27-28-29-30-31-32-33-34-35-36-38-40-44-58-57(43-12-8-4)59(55-51-47-54(48-52-55)42-39-37-16-14-10-6-2)62(61)60(58)56-49-45-53(46-50-56)41-11-7-3;/h45-52H,5-39,41-43H2,1-4H3;. The number of aryl methyl sites for hydroxylation is 2. The summed E-state index contributed by atoms with van der Waals surface area (Å²) >= 11 is 0. The normalized spacial score (nSPS) is 12.6. The van der Waals surface area contributed by atoms with Gasteiger partial charge in [0.1, 0.15) is 5.57 Å². The maximum absolute atomic E-state index is 12.1. The van der Waals surface area contributed by atoms with Crippen LogP contribution >= 0.6 is 0 Å². The molecule has 1 heterocycles. The van der Waals surface area contributed by atoms with E-state index in [-0.39, 0.29) is 20.4 Å². The van der Waals surface area contributed by atoms with Gasteiger partial charge in [-0.1, -0.05) is 256 Å². The summed E-state index contributed by atoms with van der Waals surface area (Å²) < 4.78 is 1.49. The molecular formula is C60H96N2Pd. The van der Waals surface area contributed by atoms with Crippen molar-refractivity contribution < 1.29 is 25.1 Å². The van der Waals surface area contributed by atoms with Gasteiger partial charge in [-0.15, -0.1) is 0 Å². The average molecular weight is 952 g/mol. The van der Waals surface area contributed by atoms with Crippen LogP contribution in [0.2, 0.25) is 0 Å². The maximum Gasteiger partial charge on any atom is 0.223 e. The van der Waals surface area contributed by atoms with Gasteiger partial charge in [0.25, 0.3) is 0 Å². The van der Waals surface area contributed by atoms with Gasteiger partial charge < -0.3 is 5.53 Å². The number of hydrogen-bond donors (Lipinski definition) is 0. The first-order chi connectivity index (χ1) is 30.6. The first-order valence-electron chi connectivity index (χ1n) is 27.3. The molecule has 0 N–H and O–H groups in total. The van der Waals surface area contributed by atoms with Crippen LogP contribution in [0, 0.1) is 11.8 Å². The van der Waals surface area contributed by atoms with Crippen molar-refractivity contribution in [2.24, 2.45) is 0 Å². The Bertz CT molecular complexity index is 1550. The topological polar surface area (TPSA) is 25.3 Å². The quantitative estimate of drug-likeness (QED) is 0.0276. The van der Waals surface area contributed by atoms with Gasteiger partial charge in [-0.2, -0.15) is 0 Å². The molecule has 2 nitrogen and oxygen atoms in total. The fraction of sp³-hybridized carbons (Fsp3) is 0.700. The van der Waals surface area contributed by atoms with Crippen LogP contribution in [0.1, 0.15) is 281 Å². The van der Waals surface area contributed by atoms with E-state index in [4.69, 9.17) is 0 Å². The third-order valence-electron chi connectivity index (χ3n) is 13.5. The molecule has 2 aromatic rings. The van der Waals surface area contributed by atoms with Crippen molar-refractivity contribution in [3.8, 4) is 11.8 Å². The third-order valence-corrected chi connectivity index (χ3v) is 13.5. The van der Waals surface area contributed by atoms with Crippen LogP contribution < -0.4 is 0 Å². The van der Waals surface area contributed by atoms with E-state index >= 15 is 0 Å². The first kappa shape index (κ1) is 56.9. The number of rotatable bonds is 39. The summed E-state index contributed by atoms with van der Waals surface area (Å²) in [4.78, 5) is 0. The number of nitrogens with zero attached hydrogens (tertiary/aromatic N) is 2. The zero-order valence-corrected chi connectivity index (χ0v) is 43.3. The Kier molecular flexibility index (Phi) is 35.2. The summed E-state index contributed by atoms with van der Waals surface area (Å²) in [5, 5.41) is 0. The number of unbranched alkanes of at least 4 members (excludes halogenated alkanes) is 31. The van der Waals surface area contributed by atoms with Crippen LogP contribution in [-0.2, 0) is 33.3 Å². The number of benzene rings is 2. The SMILES string of the molecule is CCCCCCCCCCCCCCCCCCCCCCCCCCC#CC1=C(c2ccc(CCCC)cc2)[N+](=[N-])C(c2ccc(CCCCCCCC)cc2)=C1CCCC.[Pd]. The van der Waals surface area contributed by atoms with Gasteiger partial charge >= 0.3 is 0 Å². The maximum atomic E-state index is 12.1. The van der Waals surface area contributed by atoms with Gasteiger partial charge in [0, 0.05) is 43.5 Å². The molecule has 3 rings (SSSR count). The summed E-state index contributed by atoms with van der Waals surface area (Å²) in [5.74, 6) is 7.27. The summed E-state index contributed by atoms with van der Waals surface area (Å²) in [6.07, 6.45) is 50.6. The molecule has 2 aromatic carbocycles. The molecule has 3 heteroatoms. The molecule has 356 valence electrons. The predicted molar refractivity (Wildman–Crippen MR) is 274 cm³/mol. The minimum Gasteiger partial charge on any atom is -0.493 e. The van der Waals surface area contributed by atoms with E-state index in [0.29, 0.717) is 0 Å². The zero-order valence-electron chi connectivity index (χ0n) is 41.7. The van der Waals surface area contributed by atoms with E-state index in [0.717, 1.165) is 73.0 Å². The van der Waals surface area contributed by atoms with Crippen LogP contribution in [0.4, 0.5) is 0 Å². The minimum absolute atomic E-state index is 0. The average Bonchev–Trinajstić information content (AvgIpc) is 3.57. The third kappa shape index (κ3) is 24.7. The smallest absolute Gasteiger partial charge is 0.223 e. The fourth-order valence-electron chi connectivity index (χ4n) is 9.38. The molecule has 0 atom stereocenters. The molecule has 63 heavy (non-hydrogen) atoms. The van der Waals surface area contributed by atoms with Crippen LogP contribution in [0.25, 0.3) is 16.9 Å². The van der Waals surface area contributed by atoms with Crippen molar-refractivity contribution in [2.75, 3.05) is 0 Å². The van der Waals surface area contributed by atoms with Crippen molar-refractivity contribution in [1.82, 2.24) is 0 Å². The second-order valence-corrected chi connectivity index (χ2v) is 19.2. The van der Waals surface area contributed by atoms with E-state index < -0.39 is 0 Å². The van der Waals surface area contributed by atoms with Crippen LogP contribution in [0.3, 0.4) is 0 Å². The largest absolute Gasteiger partial charge is 0.493 e. The molecule has 0 bridgehead atoms. The molecular weight excluding hydrogens is 855 g/mol. The summed E-state index contributed by atoms with van der Waals surface area (Å²) in [7, 11) is 0. The second-order valence-electron chi connectivity index (χ2n) is 19.2. The predicted octanol–water partition coefficient (Wildman–Crippen LogP) is 20.1. The first-order valence-corrected chi connectivity index (χ1v) is 27.3. The molecule has 0 aliphatic carbocycles. The van der Waals surface area contributed by atoms with E-state index in [1.165, 1.54) is 220 Å². The van der Waals surface area contributed by atoms with Crippen molar-refractivity contribution in [3.05, 3.63) is 87.5 Å². The van der Waals surface area contributed by atoms with E-state index in [1.54, 1.807) is 0 Å². The van der Waals surface area contributed by atoms with Crippen LogP contribution in [-0.4, -0.2) is 4.70 Å². The van der Waals surface area contributed by atoms with Crippen molar-refractivity contribution in [1.29, 1.82) is 0 Å². The van der Waals surface area contributed by atoms with Crippen molar-refractivity contribution in [2.45, 2.75) is 272 Å². The molecule has 0 saturated heterocycles. The minimum atomic E-state index is 0. The molecule has 0 saturated carbocycles. The van der Waals surface area contributed by atoms with E-state index in [9.17, 15) is 5.53 Å². The Labute approximate surface area is 405 Å². The molecule has 1 aliphatic rings. The second kappa shape index (κ2) is 39.0. The summed E-state index contributed by atoms with van der Waals surface area (Å²) in [6.45, 7) is 9.10. The summed E-state index contributed by atoms with van der Waals surface area (Å²) in [6, 6.07) is 18.0. The van der Waals surface area contributed by atoms with E-state index in [1.807, 2.05) is 0 Å². The Morgan fingerprint density at radius 1 is 0.365 bits per heavy atom. The number of hydrogen-bond acceptors (Lipinski definition) is 0. The molecule has 0 amide bonds. The van der Waals surface area contributed by atoms with Gasteiger partial charge in [0.2, 0.25) is 11.4 Å². The van der Waals surface area contributed by atoms with Gasteiger partial charge in [-0.05, 0) is 80.3 Å². The summed E-state index contributed by atoms with van der Waals surface area (Å²) in [5.41, 5.74) is 21.0. The van der Waals surface area contributed by atoms with Gasteiger partial charge in [-0.3, -0.25) is 0 Å². The molecule has 0 unspecified atom stereocenters. The van der Waals surface area contributed by atoms with Crippen LogP contribution in [0.5, 0.6) is 0 Å². The zero-order chi connectivity index (χ0) is 44.1. The molecule has 0 aromatic heterocycles. The molecule has 0 spiro atoms. The Morgan fingerprint density at radius 2 is 0.683 bits per heavy atom. The van der Waals surface area contributed by atoms with Gasteiger partial charge in [0.05, 0.1) is 0 Å². The number of allylic oxidation sites excluding steroid dienone is 2.